The molecule has 5 rings (SSSR count). The fourth-order valence-corrected chi connectivity index (χ4v) is 5.22. The van der Waals surface area contributed by atoms with Crippen molar-refractivity contribution >= 4 is 0 Å². The van der Waals surface area contributed by atoms with Gasteiger partial charge in [-0.3, -0.25) is 9.97 Å². The van der Waals surface area contributed by atoms with Crippen molar-refractivity contribution in [3.05, 3.63) is 23.8 Å². The third kappa shape index (κ3) is 1.99. The Morgan fingerprint density at radius 1 is 0.947 bits per heavy atom. The molecule has 4 saturated carbocycles. The van der Waals surface area contributed by atoms with E-state index in [1.807, 2.05) is 12.4 Å². The molecule has 1 heterocycles. The Hall–Kier alpha value is -0.960. The average molecular weight is 257 g/mol. The third-order valence-electron chi connectivity index (χ3n) is 5.69. The van der Waals surface area contributed by atoms with Crippen LogP contribution in [0.25, 0.3) is 0 Å². The first-order valence-electron chi connectivity index (χ1n) is 7.84. The summed E-state index contributed by atoms with van der Waals surface area (Å²) in [5, 5.41) is 0. The summed E-state index contributed by atoms with van der Waals surface area (Å²) in [6, 6.07) is 0. The summed E-state index contributed by atoms with van der Waals surface area (Å²) in [5.41, 5.74) is 7.86. The van der Waals surface area contributed by atoms with Gasteiger partial charge in [0.2, 0.25) is 0 Å². The molecule has 4 aliphatic rings. The van der Waals surface area contributed by atoms with Crippen LogP contribution in [0.3, 0.4) is 0 Å². The van der Waals surface area contributed by atoms with Crippen LogP contribution in [0, 0.1) is 23.7 Å². The van der Waals surface area contributed by atoms with E-state index in [4.69, 9.17) is 10.7 Å². The molecule has 0 spiro atoms. The summed E-state index contributed by atoms with van der Waals surface area (Å²) >= 11 is 0. The van der Waals surface area contributed by atoms with Crippen LogP contribution in [0.1, 0.15) is 49.4 Å². The Balaban J connectivity index is 1.58. The van der Waals surface area contributed by atoms with E-state index < -0.39 is 0 Å². The number of aromatic nitrogens is 2. The highest BCUT2D eigenvalue weighted by Crippen LogP contribution is 2.59. The van der Waals surface area contributed by atoms with Crippen molar-refractivity contribution in [2.45, 2.75) is 44.4 Å². The Morgan fingerprint density at radius 2 is 1.63 bits per heavy atom. The van der Waals surface area contributed by atoms with Gasteiger partial charge in [0.25, 0.3) is 0 Å². The number of rotatable bonds is 3. The summed E-state index contributed by atoms with van der Waals surface area (Å²) in [6.07, 6.45) is 12.1. The van der Waals surface area contributed by atoms with E-state index in [1.54, 1.807) is 0 Å². The molecule has 4 bridgehead atoms. The first-order valence-corrected chi connectivity index (χ1v) is 7.84. The van der Waals surface area contributed by atoms with Gasteiger partial charge in [-0.05, 0) is 62.3 Å². The predicted octanol–water partition coefficient (Wildman–Crippen LogP) is 2.52. The molecule has 0 radical (unpaired) electrons. The maximum atomic E-state index is 5.57. The molecule has 19 heavy (non-hydrogen) atoms. The van der Waals surface area contributed by atoms with Gasteiger partial charge >= 0.3 is 0 Å². The number of hydrogen-bond donors (Lipinski definition) is 1. The zero-order chi connectivity index (χ0) is 12.8. The van der Waals surface area contributed by atoms with Crippen LogP contribution in [0.2, 0.25) is 0 Å². The highest BCUT2D eigenvalue weighted by molar-refractivity contribution is 5.15. The molecule has 0 aliphatic heterocycles. The molecule has 0 atom stereocenters. The third-order valence-corrected chi connectivity index (χ3v) is 5.69. The zero-order valence-electron chi connectivity index (χ0n) is 11.5. The molecule has 0 amide bonds. The van der Waals surface area contributed by atoms with E-state index in [9.17, 15) is 0 Å². The lowest BCUT2D eigenvalue weighted by Gasteiger charge is -2.54. The van der Waals surface area contributed by atoms with Crippen molar-refractivity contribution in [2.24, 2.45) is 29.4 Å². The van der Waals surface area contributed by atoms with Crippen LogP contribution in [-0.4, -0.2) is 16.5 Å². The van der Waals surface area contributed by atoms with Gasteiger partial charge in [-0.2, -0.15) is 0 Å². The minimum absolute atomic E-state index is 0.659. The van der Waals surface area contributed by atoms with Crippen molar-refractivity contribution in [2.75, 3.05) is 6.54 Å². The summed E-state index contributed by atoms with van der Waals surface area (Å²) in [5.74, 6) is 4.55. The normalized spacial score (nSPS) is 39.7. The van der Waals surface area contributed by atoms with Crippen LogP contribution >= 0.6 is 0 Å². The van der Waals surface area contributed by atoms with Crippen molar-refractivity contribution in [1.82, 2.24) is 9.97 Å². The molecule has 3 nitrogen and oxygen atoms in total. The van der Waals surface area contributed by atoms with Crippen LogP contribution in [-0.2, 0) is 6.42 Å². The quantitative estimate of drug-likeness (QED) is 0.905. The molecule has 1 aromatic heterocycles. The molecule has 3 heteroatoms. The van der Waals surface area contributed by atoms with Gasteiger partial charge in [0.05, 0.1) is 11.4 Å². The molecular formula is C16H23N3. The van der Waals surface area contributed by atoms with E-state index in [-0.39, 0.29) is 0 Å². The Morgan fingerprint density at radius 3 is 2.16 bits per heavy atom. The van der Waals surface area contributed by atoms with Gasteiger partial charge in [-0.1, -0.05) is 0 Å². The fraction of sp³-hybridized carbons (Fsp3) is 0.750. The predicted molar refractivity (Wildman–Crippen MR) is 74.6 cm³/mol. The van der Waals surface area contributed by atoms with Gasteiger partial charge in [0.1, 0.15) is 0 Å². The van der Waals surface area contributed by atoms with Crippen molar-refractivity contribution in [3.8, 4) is 0 Å². The largest absolute Gasteiger partial charge is 0.330 e. The monoisotopic (exact) mass is 257 g/mol. The standard InChI is InChI=1S/C16H23N3/c17-2-1-14-8-19-15(9-18-14)16-12-4-10-3-11(6-12)7-13(16)5-10/h8-13,16H,1-7,17H2. The Kier molecular flexibility index (Phi) is 2.83. The molecule has 102 valence electrons. The smallest absolute Gasteiger partial charge is 0.0623 e. The molecule has 4 fully saturated rings. The van der Waals surface area contributed by atoms with Gasteiger partial charge in [0.15, 0.2) is 0 Å². The van der Waals surface area contributed by atoms with Crippen molar-refractivity contribution in [1.29, 1.82) is 0 Å². The minimum atomic E-state index is 0.659. The number of nitrogens with two attached hydrogens (primary N) is 1. The van der Waals surface area contributed by atoms with Crippen molar-refractivity contribution in [3.63, 3.8) is 0 Å². The maximum Gasteiger partial charge on any atom is 0.0623 e. The summed E-state index contributed by atoms with van der Waals surface area (Å²) in [7, 11) is 0. The van der Waals surface area contributed by atoms with E-state index in [0.29, 0.717) is 12.5 Å². The molecule has 2 N–H and O–H groups in total. The second-order valence-electron chi connectivity index (χ2n) is 6.93. The molecule has 0 unspecified atom stereocenters. The van der Waals surface area contributed by atoms with E-state index in [1.165, 1.54) is 37.8 Å². The summed E-state index contributed by atoms with van der Waals surface area (Å²) in [4.78, 5) is 9.28. The molecule has 0 aromatic carbocycles. The topological polar surface area (TPSA) is 51.8 Å². The number of hydrogen-bond acceptors (Lipinski definition) is 3. The molecule has 0 saturated heterocycles. The Labute approximate surface area is 115 Å². The van der Waals surface area contributed by atoms with E-state index >= 15 is 0 Å². The van der Waals surface area contributed by atoms with Gasteiger partial charge in [-0.25, -0.2) is 0 Å². The van der Waals surface area contributed by atoms with E-state index in [0.717, 1.165) is 35.8 Å². The first-order chi connectivity index (χ1) is 9.33. The molecule has 1 aromatic rings. The zero-order valence-corrected chi connectivity index (χ0v) is 11.5. The highest BCUT2D eigenvalue weighted by atomic mass is 14.8. The minimum Gasteiger partial charge on any atom is -0.330 e. The lowest BCUT2D eigenvalue weighted by atomic mass is 9.51. The second kappa shape index (κ2) is 4.55. The summed E-state index contributed by atoms with van der Waals surface area (Å²) < 4.78 is 0. The second-order valence-corrected chi connectivity index (χ2v) is 6.93. The van der Waals surface area contributed by atoms with Crippen LogP contribution in [0.5, 0.6) is 0 Å². The molecular weight excluding hydrogens is 234 g/mol. The highest BCUT2D eigenvalue weighted by Gasteiger charge is 2.49. The average Bonchev–Trinajstić information content (AvgIpc) is 2.40. The lowest BCUT2D eigenvalue weighted by Crippen LogP contribution is -2.44. The van der Waals surface area contributed by atoms with E-state index in [2.05, 4.69) is 4.98 Å². The first kappa shape index (κ1) is 11.8. The van der Waals surface area contributed by atoms with Crippen LogP contribution < -0.4 is 5.73 Å². The van der Waals surface area contributed by atoms with Crippen LogP contribution in [0.4, 0.5) is 0 Å². The maximum absolute atomic E-state index is 5.57. The fourth-order valence-electron chi connectivity index (χ4n) is 5.22. The van der Waals surface area contributed by atoms with Gasteiger partial charge < -0.3 is 5.73 Å². The summed E-state index contributed by atoms with van der Waals surface area (Å²) in [6.45, 7) is 0.659. The lowest BCUT2D eigenvalue weighted by molar-refractivity contribution is -0.00428. The SMILES string of the molecule is NCCc1cnc(C2C3CC4CC(C3)CC2C4)cn1. The van der Waals surface area contributed by atoms with Gasteiger partial charge in [-0.15, -0.1) is 0 Å². The van der Waals surface area contributed by atoms with Gasteiger partial charge in [0, 0.05) is 24.7 Å². The number of nitrogens with zero attached hydrogens (tertiary/aromatic N) is 2. The molecule has 4 aliphatic carbocycles. The van der Waals surface area contributed by atoms with Crippen LogP contribution in [0.15, 0.2) is 12.4 Å². The van der Waals surface area contributed by atoms with Crippen molar-refractivity contribution < 1.29 is 0 Å². The Bertz CT molecular complexity index is 426.